The Hall–Kier alpha value is -2.40. The molecule has 0 saturated heterocycles. The summed E-state index contributed by atoms with van der Waals surface area (Å²) in [6.45, 7) is 2.82. The maximum absolute atomic E-state index is 11.6. The van der Waals surface area contributed by atoms with Gasteiger partial charge in [-0.25, -0.2) is 8.42 Å². The second-order valence-corrected chi connectivity index (χ2v) is 7.43. The summed E-state index contributed by atoms with van der Waals surface area (Å²) in [5.74, 6) is 0. The van der Waals surface area contributed by atoms with Crippen LogP contribution >= 0.6 is 0 Å². The second-order valence-electron chi connectivity index (χ2n) is 5.41. The molecular weight excluding hydrogens is 308 g/mol. The quantitative estimate of drug-likeness (QED) is 0.735. The zero-order valence-electron chi connectivity index (χ0n) is 13.1. The summed E-state index contributed by atoms with van der Waals surface area (Å²) in [6.07, 6.45) is 3.23. The molecule has 0 aliphatic carbocycles. The van der Waals surface area contributed by atoms with Crippen molar-refractivity contribution < 1.29 is 8.42 Å². The minimum Gasteiger partial charge on any atom is -0.272 e. The number of aromatic nitrogens is 2. The number of hydrogen-bond donors (Lipinski definition) is 0. The van der Waals surface area contributed by atoms with Crippen LogP contribution in [-0.4, -0.2) is 24.5 Å². The molecule has 3 aromatic rings. The van der Waals surface area contributed by atoms with Crippen molar-refractivity contribution in [3.05, 3.63) is 60.8 Å². The van der Waals surface area contributed by atoms with Crippen LogP contribution in [0.2, 0.25) is 0 Å². The normalized spacial score (nSPS) is 11.6. The van der Waals surface area contributed by atoms with Crippen molar-refractivity contribution in [2.45, 2.75) is 18.4 Å². The van der Waals surface area contributed by atoms with E-state index < -0.39 is 9.84 Å². The highest BCUT2D eigenvalue weighted by molar-refractivity contribution is 7.90. The predicted molar refractivity (Wildman–Crippen MR) is 91.9 cm³/mol. The molecule has 23 heavy (non-hydrogen) atoms. The van der Waals surface area contributed by atoms with Gasteiger partial charge in [0.05, 0.1) is 4.90 Å². The topological polar surface area (TPSA) is 52.0 Å². The van der Waals surface area contributed by atoms with Gasteiger partial charge in [0.1, 0.15) is 5.69 Å². The number of benzene rings is 2. The largest absolute Gasteiger partial charge is 0.272 e. The average molecular weight is 326 g/mol. The first-order chi connectivity index (χ1) is 11.0. The standard InChI is InChI=1S/C18H18N2O2S/c1-3-20-13-17(14-7-5-4-6-8-14)18(19-20)15-9-11-16(12-10-15)23(2,21)22/h4-13H,3H2,1-2H3. The highest BCUT2D eigenvalue weighted by Crippen LogP contribution is 2.31. The first-order valence-corrected chi connectivity index (χ1v) is 9.31. The van der Waals surface area contributed by atoms with E-state index in [1.807, 2.05) is 60.3 Å². The van der Waals surface area contributed by atoms with Gasteiger partial charge < -0.3 is 0 Å². The predicted octanol–water partition coefficient (Wildman–Crippen LogP) is 3.64. The van der Waals surface area contributed by atoms with E-state index in [2.05, 4.69) is 5.10 Å². The van der Waals surface area contributed by atoms with Crippen LogP contribution in [0.3, 0.4) is 0 Å². The van der Waals surface area contributed by atoms with Crippen molar-refractivity contribution in [3.8, 4) is 22.4 Å². The summed E-state index contributed by atoms with van der Waals surface area (Å²) >= 11 is 0. The minimum atomic E-state index is -3.19. The van der Waals surface area contributed by atoms with Crippen LogP contribution in [0, 0.1) is 0 Å². The molecule has 0 fully saturated rings. The molecule has 4 nitrogen and oxygen atoms in total. The fourth-order valence-corrected chi connectivity index (χ4v) is 3.12. The highest BCUT2D eigenvalue weighted by Gasteiger charge is 2.14. The van der Waals surface area contributed by atoms with Gasteiger partial charge in [0.2, 0.25) is 0 Å². The van der Waals surface area contributed by atoms with Crippen LogP contribution in [0.1, 0.15) is 6.92 Å². The van der Waals surface area contributed by atoms with E-state index in [1.165, 1.54) is 6.26 Å². The summed E-state index contributed by atoms with van der Waals surface area (Å²) in [6, 6.07) is 16.9. The third kappa shape index (κ3) is 3.19. The number of aryl methyl sites for hydroxylation is 1. The Labute approximate surface area is 136 Å². The molecule has 0 bridgehead atoms. The Morgan fingerprint density at radius 3 is 2.17 bits per heavy atom. The molecule has 118 valence electrons. The third-order valence-corrected chi connectivity index (χ3v) is 4.85. The Morgan fingerprint density at radius 1 is 0.957 bits per heavy atom. The molecule has 0 atom stereocenters. The first-order valence-electron chi connectivity index (χ1n) is 7.42. The summed E-state index contributed by atoms with van der Waals surface area (Å²) in [4.78, 5) is 0.317. The molecular formula is C18H18N2O2S. The molecule has 0 amide bonds. The Balaban J connectivity index is 2.11. The minimum absolute atomic E-state index is 0.317. The van der Waals surface area contributed by atoms with Gasteiger partial charge in [-0.2, -0.15) is 5.10 Å². The van der Waals surface area contributed by atoms with Crippen molar-refractivity contribution in [2.75, 3.05) is 6.26 Å². The van der Waals surface area contributed by atoms with Crippen molar-refractivity contribution in [3.63, 3.8) is 0 Å². The van der Waals surface area contributed by atoms with Crippen LogP contribution in [0.15, 0.2) is 65.7 Å². The van der Waals surface area contributed by atoms with E-state index in [1.54, 1.807) is 12.1 Å². The molecule has 0 radical (unpaired) electrons. The molecule has 1 aromatic heterocycles. The van der Waals surface area contributed by atoms with Crippen molar-refractivity contribution in [1.82, 2.24) is 9.78 Å². The van der Waals surface area contributed by atoms with E-state index in [-0.39, 0.29) is 0 Å². The summed E-state index contributed by atoms with van der Waals surface area (Å²) in [5, 5.41) is 4.63. The highest BCUT2D eigenvalue weighted by atomic mass is 32.2. The van der Waals surface area contributed by atoms with Gasteiger partial charge in [0.15, 0.2) is 9.84 Å². The van der Waals surface area contributed by atoms with E-state index in [9.17, 15) is 8.42 Å². The van der Waals surface area contributed by atoms with Crippen LogP contribution < -0.4 is 0 Å². The zero-order chi connectivity index (χ0) is 16.4. The number of hydrogen-bond acceptors (Lipinski definition) is 3. The number of nitrogens with zero attached hydrogens (tertiary/aromatic N) is 2. The van der Waals surface area contributed by atoms with E-state index in [0.29, 0.717) is 4.90 Å². The lowest BCUT2D eigenvalue weighted by Crippen LogP contribution is -1.97. The fourth-order valence-electron chi connectivity index (χ4n) is 2.49. The van der Waals surface area contributed by atoms with Gasteiger partial charge in [-0.05, 0) is 24.6 Å². The Kier molecular flexibility index (Phi) is 4.05. The van der Waals surface area contributed by atoms with Gasteiger partial charge in [-0.1, -0.05) is 42.5 Å². The zero-order valence-corrected chi connectivity index (χ0v) is 13.9. The molecule has 1 heterocycles. The molecule has 5 heteroatoms. The Bertz CT molecular complexity index is 911. The molecule has 2 aromatic carbocycles. The lowest BCUT2D eigenvalue weighted by atomic mass is 10.0. The first kappa shape index (κ1) is 15.5. The fraction of sp³-hybridized carbons (Fsp3) is 0.167. The lowest BCUT2D eigenvalue weighted by Gasteiger charge is -2.04. The molecule has 0 aliphatic rings. The van der Waals surface area contributed by atoms with Crippen LogP contribution in [0.25, 0.3) is 22.4 Å². The summed E-state index contributed by atoms with van der Waals surface area (Å²) in [7, 11) is -3.19. The van der Waals surface area contributed by atoms with Crippen LogP contribution in [0.5, 0.6) is 0 Å². The molecule has 0 N–H and O–H groups in total. The van der Waals surface area contributed by atoms with Gasteiger partial charge >= 0.3 is 0 Å². The van der Waals surface area contributed by atoms with Crippen molar-refractivity contribution in [2.24, 2.45) is 0 Å². The molecule has 0 aliphatic heterocycles. The third-order valence-electron chi connectivity index (χ3n) is 3.73. The lowest BCUT2D eigenvalue weighted by molar-refractivity contribution is 0.602. The van der Waals surface area contributed by atoms with Crippen molar-refractivity contribution in [1.29, 1.82) is 0 Å². The molecule has 0 spiro atoms. The average Bonchev–Trinajstić information content (AvgIpc) is 2.99. The maximum Gasteiger partial charge on any atom is 0.175 e. The van der Waals surface area contributed by atoms with Gasteiger partial charge in [0.25, 0.3) is 0 Å². The van der Waals surface area contributed by atoms with Gasteiger partial charge in [-0.3, -0.25) is 4.68 Å². The molecule has 0 saturated carbocycles. The van der Waals surface area contributed by atoms with E-state index >= 15 is 0 Å². The smallest absolute Gasteiger partial charge is 0.175 e. The maximum atomic E-state index is 11.6. The SMILES string of the molecule is CCn1cc(-c2ccccc2)c(-c2ccc(S(C)(=O)=O)cc2)n1. The van der Waals surface area contributed by atoms with Crippen molar-refractivity contribution >= 4 is 9.84 Å². The number of rotatable bonds is 4. The second kappa shape index (κ2) is 6.01. The van der Waals surface area contributed by atoms with Crippen LogP contribution in [-0.2, 0) is 16.4 Å². The van der Waals surface area contributed by atoms with E-state index in [4.69, 9.17) is 0 Å². The van der Waals surface area contributed by atoms with E-state index in [0.717, 1.165) is 28.9 Å². The monoisotopic (exact) mass is 326 g/mol. The summed E-state index contributed by atoms with van der Waals surface area (Å²) in [5.41, 5.74) is 3.90. The van der Waals surface area contributed by atoms with Gasteiger partial charge in [-0.15, -0.1) is 0 Å². The summed E-state index contributed by atoms with van der Waals surface area (Å²) < 4.78 is 25.1. The Morgan fingerprint density at radius 2 is 1.61 bits per heavy atom. The van der Waals surface area contributed by atoms with Gasteiger partial charge in [0, 0.05) is 30.1 Å². The number of sulfone groups is 1. The van der Waals surface area contributed by atoms with Crippen LogP contribution in [0.4, 0.5) is 0 Å². The molecule has 0 unspecified atom stereocenters. The molecule has 3 rings (SSSR count).